The number of fused-ring (bicyclic) bond motifs is 1. The van der Waals surface area contributed by atoms with Crippen LogP contribution in [0.4, 0.5) is 0 Å². The van der Waals surface area contributed by atoms with Crippen LogP contribution in [-0.4, -0.2) is 21.9 Å². The molecule has 0 aromatic rings. The second-order valence-corrected chi connectivity index (χ2v) is 5.32. The Labute approximate surface area is 73.0 Å². The van der Waals surface area contributed by atoms with Crippen molar-refractivity contribution in [3.05, 3.63) is 0 Å². The molecule has 1 atom stereocenters. The van der Waals surface area contributed by atoms with Gasteiger partial charge in [-0.2, -0.15) is 0 Å². The van der Waals surface area contributed by atoms with E-state index < -0.39 is 18.9 Å². The van der Waals surface area contributed by atoms with Crippen molar-refractivity contribution < 1.29 is 23.2 Å². The van der Waals surface area contributed by atoms with Crippen molar-refractivity contribution in [2.45, 2.75) is 18.0 Å². The fraction of sp³-hybridized carbons (Fsp3) is 1.00. The SMILES string of the molecule is CCSC1(N)OP2(=O)OC1(O)O2. The van der Waals surface area contributed by atoms with E-state index in [0.717, 1.165) is 11.8 Å². The molecule has 0 spiro atoms. The van der Waals surface area contributed by atoms with Crippen LogP contribution in [0.15, 0.2) is 0 Å². The van der Waals surface area contributed by atoms with Crippen LogP contribution in [-0.2, 0) is 18.1 Å². The van der Waals surface area contributed by atoms with Crippen LogP contribution in [0.25, 0.3) is 0 Å². The molecule has 1 unspecified atom stereocenters. The van der Waals surface area contributed by atoms with E-state index in [0.29, 0.717) is 5.75 Å². The number of hydrogen-bond acceptors (Lipinski definition) is 7. The van der Waals surface area contributed by atoms with Gasteiger partial charge in [-0.1, -0.05) is 6.92 Å². The van der Waals surface area contributed by atoms with Gasteiger partial charge in [0.05, 0.1) is 0 Å². The largest absolute Gasteiger partial charge is 0.486 e. The zero-order chi connectivity index (χ0) is 9.04. The molecular formula is C4H8NO5PS. The Hall–Kier alpha value is 0.380. The van der Waals surface area contributed by atoms with E-state index in [2.05, 4.69) is 9.05 Å². The Bertz CT molecular complexity index is 262. The van der Waals surface area contributed by atoms with Gasteiger partial charge in [0.15, 0.2) is 0 Å². The van der Waals surface area contributed by atoms with Gasteiger partial charge in [0.2, 0.25) is 0 Å². The van der Waals surface area contributed by atoms with Crippen molar-refractivity contribution in [1.29, 1.82) is 0 Å². The zero-order valence-corrected chi connectivity index (χ0v) is 7.93. The average Bonchev–Trinajstić information content (AvgIpc) is 2.10. The minimum Gasteiger partial charge on any atom is -0.338 e. The summed E-state index contributed by atoms with van der Waals surface area (Å²) >= 11 is 1.07. The molecule has 3 heterocycles. The topological polar surface area (TPSA) is 91.0 Å². The number of rotatable bonds is 2. The van der Waals surface area contributed by atoms with Gasteiger partial charge in [0.25, 0.3) is 5.06 Å². The average molecular weight is 213 g/mol. The second-order valence-electron chi connectivity index (χ2n) is 2.40. The van der Waals surface area contributed by atoms with Crippen LogP contribution in [0.5, 0.6) is 0 Å². The predicted molar refractivity (Wildman–Crippen MR) is 40.9 cm³/mol. The summed E-state index contributed by atoms with van der Waals surface area (Å²) in [4.78, 5) is 0. The van der Waals surface area contributed by atoms with Gasteiger partial charge in [-0.3, -0.25) is 5.73 Å². The monoisotopic (exact) mass is 213 g/mol. The third kappa shape index (κ3) is 0.927. The number of aliphatic hydroxyl groups is 1. The molecule has 0 aromatic heterocycles. The minimum atomic E-state index is -3.51. The molecule has 3 saturated heterocycles. The van der Waals surface area contributed by atoms with Crippen LogP contribution in [0.2, 0.25) is 0 Å². The van der Waals surface area contributed by atoms with Crippen LogP contribution in [0, 0.1) is 0 Å². The van der Waals surface area contributed by atoms with Gasteiger partial charge in [-0.15, -0.1) is 11.8 Å². The number of phosphoric ester groups is 1. The third-order valence-corrected chi connectivity index (χ3v) is 4.15. The smallest absolute Gasteiger partial charge is 0.338 e. The molecule has 3 aliphatic heterocycles. The molecule has 0 radical (unpaired) electrons. The van der Waals surface area contributed by atoms with E-state index >= 15 is 0 Å². The highest BCUT2D eigenvalue weighted by molar-refractivity contribution is 8.00. The first-order chi connectivity index (χ1) is 5.43. The minimum absolute atomic E-state index is 0.589. The van der Waals surface area contributed by atoms with E-state index in [1.807, 2.05) is 6.92 Å². The molecule has 0 aliphatic carbocycles. The summed E-state index contributed by atoms with van der Waals surface area (Å²) in [5.41, 5.74) is 5.54. The molecule has 6 nitrogen and oxygen atoms in total. The highest BCUT2D eigenvalue weighted by atomic mass is 32.2. The Kier molecular flexibility index (Phi) is 1.67. The first-order valence-corrected chi connectivity index (χ1v) is 5.75. The van der Waals surface area contributed by atoms with Crippen LogP contribution >= 0.6 is 19.6 Å². The molecule has 3 aliphatic rings. The van der Waals surface area contributed by atoms with Crippen LogP contribution < -0.4 is 5.73 Å². The lowest BCUT2D eigenvalue weighted by atomic mass is 10.5. The number of nitrogens with two attached hydrogens (primary N) is 1. The van der Waals surface area contributed by atoms with E-state index in [1.165, 1.54) is 0 Å². The number of thioether (sulfide) groups is 1. The highest BCUT2D eigenvalue weighted by Crippen LogP contribution is 2.77. The van der Waals surface area contributed by atoms with Gasteiger partial charge in [0, 0.05) is 0 Å². The Morgan fingerprint density at radius 1 is 1.58 bits per heavy atom. The van der Waals surface area contributed by atoms with Crippen LogP contribution in [0.3, 0.4) is 0 Å². The molecule has 3 rings (SSSR count). The lowest BCUT2D eigenvalue weighted by molar-refractivity contribution is -0.330. The quantitative estimate of drug-likeness (QED) is 0.499. The molecule has 0 aromatic carbocycles. The lowest BCUT2D eigenvalue weighted by Gasteiger charge is -2.33. The van der Waals surface area contributed by atoms with Gasteiger partial charge in [-0.05, 0) is 5.75 Å². The number of hydrogen-bond donors (Lipinski definition) is 2. The molecular weight excluding hydrogens is 205 g/mol. The van der Waals surface area contributed by atoms with E-state index in [-0.39, 0.29) is 0 Å². The van der Waals surface area contributed by atoms with Crippen molar-refractivity contribution >= 4 is 19.6 Å². The molecule has 0 amide bonds. The fourth-order valence-corrected chi connectivity index (χ4v) is 3.75. The van der Waals surface area contributed by atoms with E-state index in [9.17, 15) is 9.67 Å². The van der Waals surface area contributed by atoms with E-state index in [4.69, 9.17) is 10.3 Å². The van der Waals surface area contributed by atoms with Crippen molar-refractivity contribution in [2.75, 3.05) is 5.75 Å². The molecule has 2 bridgehead atoms. The van der Waals surface area contributed by atoms with Crippen molar-refractivity contribution in [2.24, 2.45) is 5.73 Å². The van der Waals surface area contributed by atoms with Gasteiger partial charge in [-0.25, -0.2) is 18.1 Å². The highest BCUT2D eigenvalue weighted by Gasteiger charge is 2.79. The molecule has 12 heavy (non-hydrogen) atoms. The summed E-state index contributed by atoms with van der Waals surface area (Å²) in [5, 5.41) is 7.83. The summed E-state index contributed by atoms with van der Waals surface area (Å²) < 4.78 is 24.8. The van der Waals surface area contributed by atoms with Crippen molar-refractivity contribution in [3.8, 4) is 0 Å². The summed E-state index contributed by atoms with van der Waals surface area (Å²) in [6.07, 6.45) is 0. The first kappa shape index (κ1) is 8.96. The summed E-state index contributed by atoms with van der Waals surface area (Å²) in [6, 6.07) is 0. The summed E-state index contributed by atoms with van der Waals surface area (Å²) in [5.74, 6) is -1.45. The van der Waals surface area contributed by atoms with Crippen LogP contribution in [0.1, 0.15) is 6.92 Å². The molecule has 3 fully saturated rings. The maximum absolute atomic E-state index is 11.1. The Morgan fingerprint density at radius 3 is 2.50 bits per heavy atom. The van der Waals surface area contributed by atoms with Crippen molar-refractivity contribution in [1.82, 2.24) is 0 Å². The summed E-state index contributed by atoms with van der Waals surface area (Å²) in [7, 11) is -3.51. The predicted octanol–water partition coefficient (Wildman–Crippen LogP) is 0.183. The first-order valence-electron chi connectivity index (χ1n) is 3.30. The maximum Gasteiger partial charge on any atom is 0.486 e. The summed E-state index contributed by atoms with van der Waals surface area (Å²) in [6.45, 7) is 1.82. The molecule has 8 heteroatoms. The normalized spacial score (nSPS) is 56.9. The third-order valence-electron chi connectivity index (χ3n) is 1.52. The Balaban J connectivity index is 2.25. The maximum atomic E-state index is 11.1. The molecule has 70 valence electrons. The standard InChI is InChI=1S/C4H8NO5PS/c1-2-12-3(5)4(6)9-11(7,8-3)10-4/h6H,2,5H2,1H3. The van der Waals surface area contributed by atoms with E-state index in [1.54, 1.807) is 0 Å². The molecule has 3 N–H and O–H groups in total. The van der Waals surface area contributed by atoms with Gasteiger partial charge >= 0.3 is 13.8 Å². The van der Waals surface area contributed by atoms with Gasteiger partial charge < -0.3 is 5.11 Å². The Morgan fingerprint density at radius 2 is 2.17 bits per heavy atom. The lowest BCUT2D eigenvalue weighted by Crippen LogP contribution is -2.57. The number of phosphoric acid groups is 1. The van der Waals surface area contributed by atoms with Crippen molar-refractivity contribution in [3.63, 3.8) is 0 Å². The zero-order valence-electron chi connectivity index (χ0n) is 6.22. The van der Waals surface area contributed by atoms with Gasteiger partial charge in [0.1, 0.15) is 0 Å². The molecule has 0 saturated carbocycles. The fourth-order valence-electron chi connectivity index (χ4n) is 1.03. The second kappa shape index (κ2) is 2.24.